The van der Waals surface area contributed by atoms with E-state index in [1.54, 1.807) is 0 Å². The van der Waals surface area contributed by atoms with Gasteiger partial charge in [-0.25, -0.2) is 4.79 Å². The second-order valence-electron chi connectivity index (χ2n) is 3.93. The lowest BCUT2D eigenvalue weighted by molar-refractivity contribution is 0.0652. The van der Waals surface area contributed by atoms with Crippen LogP contribution in [0, 0.1) is 6.92 Å². The molecule has 90 valence electrons. The Bertz CT molecular complexity index is 738. The van der Waals surface area contributed by atoms with Crippen LogP contribution in [-0.2, 0) is 0 Å². The van der Waals surface area contributed by atoms with Gasteiger partial charge < -0.3 is 14.0 Å². The largest absolute Gasteiger partial charge is 0.475 e. The molecule has 1 N–H and O–H groups in total. The highest BCUT2D eigenvalue weighted by Gasteiger charge is 2.18. The van der Waals surface area contributed by atoms with Gasteiger partial charge in [-0.2, -0.15) is 0 Å². The van der Waals surface area contributed by atoms with Crippen LogP contribution in [0.5, 0.6) is 0 Å². The number of carboxylic acid groups (broad SMARTS) is 1. The number of nitrogens with zero attached hydrogens (tertiary/aromatic N) is 1. The minimum absolute atomic E-state index is 0.204. The average molecular weight is 243 g/mol. The summed E-state index contributed by atoms with van der Waals surface area (Å²) < 4.78 is 10.4. The highest BCUT2D eigenvalue weighted by Crippen LogP contribution is 2.32. The van der Waals surface area contributed by atoms with E-state index >= 15 is 0 Å². The number of para-hydroxylation sites is 1. The van der Waals surface area contributed by atoms with Crippen LogP contribution in [0.1, 0.15) is 16.1 Å². The van der Waals surface area contributed by atoms with E-state index in [2.05, 4.69) is 5.16 Å². The summed E-state index contributed by atoms with van der Waals surface area (Å²) in [5.74, 6) is -0.820. The van der Waals surface area contributed by atoms with Gasteiger partial charge >= 0.3 is 5.97 Å². The zero-order valence-electron chi connectivity index (χ0n) is 9.51. The van der Waals surface area contributed by atoms with Crippen LogP contribution >= 0.6 is 0 Å². The molecule has 3 aromatic rings. The molecule has 0 fully saturated rings. The number of aromatic nitrogens is 1. The van der Waals surface area contributed by atoms with E-state index < -0.39 is 5.97 Å². The Morgan fingerprint density at radius 1 is 1.33 bits per heavy atom. The van der Waals surface area contributed by atoms with E-state index in [4.69, 9.17) is 14.0 Å². The van der Waals surface area contributed by atoms with E-state index in [-0.39, 0.29) is 5.76 Å². The number of aromatic carboxylic acids is 1. The fourth-order valence-corrected chi connectivity index (χ4v) is 1.90. The third-order valence-electron chi connectivity index (χ3n) is 2.80. The standard InChI is InChI=1S/C13H9NO4/c1-7-8-4-2-3-5-10(8)17-12(7)9-6-11(13(15)16)18-14-9/h2-6H,1H3,(H,15,16). The SMILES string of the molecule is Cc1c(-c2cc(C(=O)O)on2)oc2ccccc12. The van der Waals surface area contributed by atoms with Crippen molar-refractivity contribution in [1.82, 2.24) is 5.16 Å². The molecule has 2 aromatic heterocycles. The molecule has 5 heteroatoms. The summed E-state index contributed by atoms with van der Waals surface area (Å²) in [5.41, 5.74) is 2.04. The van der Waals surface area contributed by atoms with Crippen LogP contribution in [-0.4, -0.2) is 16.2 Å². The van der Waals surface area contributed by atoms with Crippen LogP contribution in [0.25, 0.3) is 22.4 Å². The maximum absolute atomic E-state index is 10.7. The van der Waals surface area contributed by atoms with Crippen molar-refractivity contribution in [1.29, 1.82) is 0 Å². The van der Waals surface area contributed by atoms with Crippen molar-refractivity contribution in [2.75, 3.05) is 0 Å². The van der Waals surface area contributed by atoms with Gasteiger partial charge in [0.05, 0.1) is 0 Å². The number of carboxylic acids is 1. The van der Waals surface area contributed by atoms with Gasteiger partial charge in [0, 0.05) is 17.0 Å². The predicted molar refractivity (Wildman–Crippen MR) is 63.4 cm³/mol. The minimum Gasteiger partial charge on any atom is -0.475 e. The zero-order valence-corrected chi connectivity index (χ0v) is 9.51. The molecule has 0 saturated heterocycles. The van der Waals surface area contributed by atoms with Crippen molar-refractivity contribution in [2.45, 2.75) is 6.92 Å². The van der Waals surface area contributed by atoms with Crippen molar-refractivity contribution < 1.29 is 18.8 Å². The van der Waals surface area contributed by atoms with Crippen LogP contribution in [0.4, 0.5) is 0 Å². The lowest BCUT2D eigenvalue weighted by Gasteiger charge is -1.89. The molecule has 0 spiro atoms. The monoisotopic (exact) mass is 243 g/mol. The summed E-state index contributed by atoms with van der Waals surface area (Å²) in [5, 5.41) is 13.5. The van der Waals surface area contributed by atoms with E-state index in [1.807, 2.05) is 31.2 Å². The molecule has 0 saturated carbocycles. The van der Waals surface area contributed by atoms with Crippen molar-refractivity contribution in [3.05, 3.63) is 41.7 Å². The van der Waals surface area contributed by atoms with Gasteiger partial charge in [-0.1, -0.05) is 23.4 Å². The molecule has 0 aliphatic carbocycles. The molecule has 18 heavy (non-hydrogen) atoms. The fraction of sp³-hybridized carbons (Fsp3) is 0.0769. The smallest absolute Gasteiger partial charge is 0.374 e. The maximum atomic E-state index is 10.7. The van der Waals surface area contributed by atoms with Gasteiger partial charge in [0.1, 0.15) is 11.3 Å². The van der Waals surface area contributed by atoms with Crippen molar-refractivity contribution in [2.24, 2.45) is 0 Å². The molecule has 5 nitrogen and oxygen atoms in total. The van der Waals surface area contributed by atoms with Gasteiger partial charge in [0.25, 0.3) is 0 Å². The molecule has 0 bridgehead atoms. The molecule has 0 radical (unpaired) electrons. The van der Waals surface area contributed by atoms with E-state index in [1.165, 1.54) is 6.07 Å². The van der Waals surface area contributed by atoms with Gasteiger partial charge in [-0.3, -0.25) is 0 Å². The molecule has 0 amide bonds. The number of hydrogen-bond acceptors (Lipinski definition) is 4. The van der Waals surface area contributed by atoms with E-state index in [9.17, 15) is 4.79 Å². The Kier molecular flexibility index (Phi) is 2.19. The summed E-state index contributed by atoms with van der Waals surface area (Å²) in [6.07, 6.45) is 0. The number of benzene rings is 1. The van der Waals surface area contributed by atoms with Gasteiger partial charge in [0.15, 0.2) is 5.76 Å². The second-order valence-corrected chi connectivity index (χ2v) is 3.93. The van der Waals surface area contributed by atoms with E-state index in [0.717, 1.165) is 16.5 Å². The average Bonchev–Trinajstić information content (AvgIpc) is 2.95. The van der Waals surface area contributed by atoms with Crippen LogP contribution in [0.3, 0.4) is 0 Å². The molecular weight excluding hydrogens is 234 g/mol. The van der Waals surface area contributed by atoms with E-state index in [0.29, 0.717) is 11.5 Å². The third-order valence-corrected chi connectivity index (χ3v) is 2.80. The van der Waals surface area contributed by atoms with Crippen LogP contribution in [0.2, 0.25) is 0 Å². The topological polar surface area (TPSA) is 76.5 Å². The Labute approximate surface area is 102 Å². The van der Waals surface area contributed by atoms with Gasteiger partial charge in [-0.15, -0.1) is 0 Å². The summed E-state index contributed by atoms with van der Waals surface area (Å²) in [6.45, 7) is 1.90. The molecule has 2 heterocycles. The number of carbonyl (C=O) groups is 1. The normalized spacial score (nSPS) is 10.9. The van der Waals surface area contributed by atoms with Gasteiger partial charge in [-0.05, 0) is 13.0 Å². The lowest BCUT2D eigenvalue weighted by atomic mass is 10.1. The molecule has 3 rings (SSSR count). The predicted octanol–water partition coefficient (Wildman–Crippen LogP) is 3.09. The molecule has 0 unspecified atom stereocenters. The fourth-order valence-electron chi connectivity index (χ4n) is 1.90. The zero-order chi connectivity index (χ0) is 12.7. The number of fused-ring (bicyclic) bond motifs is 1. The Balaban J connectivity index is 2.18. The molecule has 1 aromatic carbocycles. The highest BCUT2D eigenvalue weighted by atomic mass is 16.5. The number of aryl methyl sites for hydroxylation is 1. The minimum atomic E-state index is -1.15. The first kappa shape index (κ1) is 10.6. The molecule has 0 atom stereocenters. The number of hydrogen-bond donors (Lipinski definition) is 1. The number of rotatable bonds is 2. The summed E-state index contributed by atoms with van der Waals surface area (Å²) in [6, 6.07) is 8.94. The molecule has 0 aliphatic rings. The maximum Gasteiger partial charge on any atom is 0.374 e. The van der Waals surface area contributed by atoms with Crippen molar-refractivity contribution >= 4 is 16.9 Å². The number of furan rings is 1. The first-order chi connectivity index (χ1) is 8.66. The summed E-state index contributed by atoms with van der Waals surface area (Å²) >= 11 is 0. The Hall–Kier alpha value is -2.56. The highest BCUT2D eigenvalue weighted by molar-refractivity contribution is 5.89. The van der Waals surface area contributed by atoms with Crippen molar-refractivity contribution in [3.8, 4) is 11.5 Å². The first-order valence-corrected chi connectivity index (χ1v) is 5.35. The first-order valence-electron chi connectivity index (χ1n) is 5.35. The quantitative estimate of drug-likeness (QED) is 0.748. The summed E-state index contributed by atoms with van der Waals surface area (Å²) in [7, 11) is 0. The second kappa shape index (κ2) is 3.73. The lowest BCUT2D eigenvalue weighted by Crippen LogP contribution is -1.91. The van der Waals surface area contributed by atoms with Crippen LogP contribution < -0.4 is 0 Å². The Morgan fingerprint density at radius 2 is 2.11 bits per heavy atom. The Morgan fingerprint density at radius 3 is 2.78 bits per heavy atom. The third kappa shape index (κ3) is 1.48. The molecular formula is C13H9NO4. The van der Waals surface area contributed by atoms with Crippen molar-refractivity contribution in [3.63, 3.8) is 0 Å². The van der Waals surface area contributed by atoms with Crippen LogP contribution in [0.15, 0.2) is 39.3 Å². The summed E-state index contributed by atoms with van der Waals surface area (Å²) in [4.78, 5) is 10.7. The van der Waals surface area contributed by atoms with Gasteiger partial charge in [0.2, 0.25) is 5.76 Å². The molecule has 0 aliphatic heterocycles.